The number of rotatable bonds is 5. The molecule has 2 aromatic carbocycles. The van der Waals surface area contributed by atoms with Crippen molar-refractivity contribution in [3.63, 3.8) is 0 Å². The molecular formula is C14H9F3N2O4. The van der Waals surface area contributed by atoms with Crippen molar-refractivity contribution in [3.05, 3.63) is 64.0 Å². The standard InChI is InChI=1S/C14H9F3N2O4/c15-8-1-3-11(10(17)5-8)18-14(20)7-23-13-6-9(16)2-4-12(13)19(21)22/h1-6H,7H2,(H,18,20). The average molecular weight is 326 g/mol. The Bertz CT molecular complexity index is 768. The Labute approximate surface area is 127 Å². The predicted molar refractivity (Wildman–Crippen MR) is 73.5 cm³/mol. The lowest BCUT2D eigenvalue weighted by Gasteiger charge is -2.08. The molecule has 2 aromatic rings. The van der Waals surface area contributed by atoms with E-state index in [0.717, 1.165) is 30.3 Å². The maximum absolute atomic E-state index is 13.4. The number of nitrogens with zero attached hydrogens (tertiary/aromatic N) is 1. The number of nitro benzene ring substituents is 1. The van der Waals surface area contributed by atoms with Gasteiger partial charge in [-0.25, -0.2) is 13.2 Å². The minimum absolute atomic E-state index is 0.284. The first-order valence-electron chi connectivity index (χ1n) is 6.18. The summed E-state index contributed by atoms with van der Waals surface area (Å²) in [6.07, 6.45) is 0. The van der Waals surface area contributed by atoms with E-state index in [1.165, 1.54) is 0 Å². The third-order valence-corrected chi connectivity index (χ3v) is 2.68. The molecule has 0 spiro atoms. The summed E-state index contributed by atoms with van der Waals surface area (Å²) in [5.41, 5.74) is -0.805. The van der Waals surface area contributed by atoms with Gasteiger partial charge in [-0.2, -0.15) is 0 Å². The first-order valence-corrected chi connectivity index (χ1v) is 6.18. The zero-order valence-corrected chi connectivity index (χ0v) is 11.4. The third kappa shape index (κ3) is 4.19. The normalized spacial score (nSPS) is 10.2. The Hall–Kier alpha value is -3.10. The van der Waals surface area contributed by atoms with Gasteiger partial charge in [-0.05, 0) is 18.2 Å². The predicted octanol–water partition coefficient (Wildman–Crippen LogP) is 3.03. The van der Waals surface area contributed by atoms with Crippen molar-refractivity contribution < 1.29 is 27.6 Å². The second-order valence-electron chi connectivity index (χ2n) is 4.33. The summed E-state index contributed by atoms with van der Waals surface area (Å²) >= 11 is 0. The van der Waals surface area contributed by atoms with Gasteiger partial charge in [0.05, 0.1) is 10.6 Å². The molecule has 0 aromatic heterocycles. The van der Waals surface area contributed by atoms with Crippen molar-refractivity contribution in [3.8, 4) is 5.75 Å². The molecule has 0 aliphatic rings. The van der Waals surface area contributed by atoms with Gasteiger partial charge in [0.2, 0.25) is 5.75 Å². The van der Waals surface area contributed by atoms with E-state index in [1.54, 1.807) is 0 Å². The van der Waals surface area contributed by atoms with Crippen LogP contribution in [0.15, 0.2) is 36.4 Å². The number of halogens is 3. The van der Waals surface area contributed by atoms with Gasteiger partial charge in [0, 0.05) is 18.2 Å². The molecule has 0 saturated carbocycles. The number of ether oxygens (including phenoxy) is 1. The van der Waals surface area contributed by atoms with Crippen LogP contribution in [-0.4, -0.2) is 17.4 Å². The number of hydrogen-bond acceptors (Lipinski definition) is 4. The molecule has 0 saturated heterocycles. The van der Waals surface area contributed by atoms with Gasteiger partial charge in [-0.3, -0.25) is 14.9 Å². The molecule has 0 radical (unpaired) electrons. The van der Waals surface area contributed by atoms with Crippen LogP contribution in [0.1, 0.15) is 0 Å². The van der Waals surface area contributed by atoms with Gasteiger partial charge in [-0.1, -0.05) is 0 Å². The number of benzene rings is 2. The summed E-state index contributed by atoms with van der Waals surface area (Å²) in [6.45, 7) is -0.721. The smallest absolute Gasteiger partial charge is 0.311 e. The van der Waals surface area contributed by atoms with Crippen LogP contribution in [0.3, 0.4) is 0 Å². The lowest BCUT2D eigenvalue weighted by Crippen LogP contribution is -2.21. The van der Waals surface area contributed by atoms with Crippen LogP contribution in [0.5, 0.6) is 5.75 Å². The Morgan fingerprint density at radius 3 is 2.43 bits per heavy atom. The van der Waals surface area contributed by atoms with Crippen molar-refractivity contribution in [2.75, 3.05) is 11.9 Å². The second kappa shape index (κ2) is 6.77. The summed E-state index contributed by atoms with van der Waals surface area (Å²) in [4.78, 5) is 21.6. The van der Waals surface area contributed by atoms with Gasteiger partial charge in [0.1, 0.15) is 17.5 Å². The van der Waals surface area contributed by atoms with Gasteiger partial charge < -0.3 is 10.1 Å². The zero-order chi connectivity index (χ0) is 17.0. The van der Waals surface area contributed by atoms with E-state index in [1.807, 2.05) is 0 Å². The van der Waals surface area contributed by atoms with Crippen LogP contribution in [-0.2, 0) is 4.79 Å². The van der Waals surface area contributed by atoms with Gasteiger partial charge in [0.25, 0.3) is 5.91 Å². The molecule has 0 bridgehead atoms. The summed E-state index contributed by atoms with van der Waals surface area (Å²) < 4.78 is 44.1. The van der Waals surface area contributed by atoms with Gasteiger partial charge >= 0.3 is 5.69 Å². The fraction of sp³-hybridized carbons (Fsp3) is 0.0714. The van der Waals surface area contributed by atoms with Crippen molar-refractivity contribution in [2.24, 2.45) is 0 Å². The molecule has 6 nitrogen and oxygen atoms in total. The number of amides is 1. The summed E-state index contributed by atoms with van der Waals surface area (Å²) in [6, 6.07) is 5.04. The fourth-order valence-electron chi connectivity index (χ4n) is 1.67. The number of carbonyl (C=O) groups is 1. The van der Waals surface area contributed by atoms with Crippen molar-refractivity contribution in [2.45, 2.75) is 0 Å². The highest BCUT2D eigenvalue weighted by Crippen LogP contribution is 2.27. The minimum Gasteiger partial charge on any atom is -0.477 e. The van der Waals surface area contributed by atoms with Crippen molar-refractivity contribution in [1.29, 1.82) is 0 Å². The molecule has 0 fully saturated rings. The number of nitro groups is 1. The number of hydrogen-bond donors (Lipinski definition) is 1. The molecule has 0 heterocycles. The minimum atomic E-state index is -0.991. The zero-order valence-electron chi connectivity index (χ0n) is 11.4. The van der Waals surface area contributed by atoms with Crippen LogP contribution in [0.4, 0.5) is 24.5 Å². The van der Waals surface area contributed by atoms with E-state index >= 15 is 0 Å². The third-order valence-electron chi connectivity index (χ3n) is 2.68. The average Bonchev–Trinajstić information content (AvgIpc) is 2.48. The molecular weight excluding hydrogens is 317 g/mol. The van der Waals surface area contributed by atoms with E-state index in [0.29, 0.717) is 6.07 Å². The summed E-state index contributed by atoms with van der Waals surface area (Å²) in [5.74, 6) is -3.88. The lowest BCUT2D eigenvalue weighted by molar-refractivity contribution is -0.385. The summed E-state index contributed by atoms with van der Waals surface area (Å²) in [7, 11) is 0. The van der Waals surface area contributed by atoms with E-state index in [4.69, 9.17) is 4.74 Å². The lowest BCUT2D eigenvalue weighted by atomic mass is 10.3. The molecule has 0 atom stereocenters. The highest BCUT2D eigenvalue weighted by molar-refractivity contribution is 5.92. The molecule has 120 valence electrons. The van der Waals surface area contributed by atoms with Crippen LogP contribution in [0.25, 0.3) is 0 Å². The van der Waals surface area contributed by atoms with Crippen LogP contribution in [0, 0.1) is 27.6 Å². The van der Waals surface area contributed by atoms with Gasteiger partial charge in [-0.15, -0.1) is 0 Å². The SMILES string of the molecule is O=C(COc1cc(F)ccc1[N+](=O)[O-])Nc1ccc(F)cc1F. The largest absolute Gasteiger partial charge is 0.477 e. The maximum Gasteiger partial charge on any atom is 0.311 e. The number of nitrogens with one attached hydrogen (secondary N) is 1. The van der Waals surface area contributed by atoms with Crippen molar-refractivity contribution >= 4 is 17.3 Å². The first kappa shape index (κ1) is 16.3. The molecule has 9 heteroatoms. The van der Waals surface area contributed by atoms with E-state index in [9.17, 15) is 28.1 Å². The van der Waals surface area contributed by atoms with Gasteiger partial charge in [0.15, 0.2) is 6.61 Å². The van der Waals surface area contributed by atoms with E-state index in [-0.39, 0.29) is 5.69 Å². The second-order valence-corrected chi connectivity index (χ2v) is 4.33. The molecule has 1 N–H and O–H groups in total. The van der Waals surface area contributed by atoms with Crippen LogP contribution in [0.2, 0.25) is 0 Å². The number of carbonyl (C=O) groups excluding carboxylic acids is 1. The molecule has 2 rings (SSSR count). The maximum atomic E-state index is 13.4. The quantitative estimate of drug-likeness (QED) is 0.676. The van der Waals surface area contributed by atoms with Crippen LogP contribution >= 0.6 is 0 Å². The first-order chi connectivity index (χ1) is 10.9. The number of anilines is 1. The highest BCUT2D eigenvalue weighted by Gasteiger charge is 2.17. The Kier molecular flexibility index (Phi) is 4.79. The monoisotopic (exact) mass is 326 g/mol. The molecule has 0 aliphatic heterocycles. The molecule has 23 heavy (non-hydrogen) atoms. The fourth-order valence-corrected chi connectivity index (χ4v) is 1.67. The highest BCUT2D eigenvalue weighted by atomic mass is 19.1. The Balaban J connectivity index is 2.05. The molecule has 0 unspecified atom stereocenters. The van der Waals surface area contributed by atoms with Crippen molar-refractivity contribution in [1.82, 2.24) is 0 Å². The molecule has 1 amide bonds. The Morgan fingerprint density at radius 2 is 1.78 bits per heavy atom. The van der Waals surface area contributed by atoms with E-state index < -0.39 is 46.3 Å². The van der Waals surface area contributed by atoms with Crippen LogP contribution < -0.4 is 10.1 Å². The summed E-state index contributed by atoms with van der Waals surface area (Å²) in [5, 5.41) is 12.9. The van der Waals surface area contributed by atoms with E-state index in [2.05, 4.69) is 5.32 Å². The molecule has 0 aliphatic carbocycles. The topological polar surface area (TPSA) is 81.5 Å². The Morgan fingerprint density at radius 1 is 1.13 bits per heavy atom.